The Labute approximate surface area is 175 Å². The number of alkyl carbamates (subject to hydrolysis) is 1. The molecule has 0 spiro atoms. The molecule has 9 heteroatoms. The first kappa shape index (κ1) is 21.2. The molecule has 1 fully saturated rings. The Kier molecular flexibility index (Phi) is 10.7. The number of halogens is 3. The summed E-state index contributed by atoms with van der Waals surface area (Å²) in [6, 6.07) is 0. The molecule has 0 aromatic rings. The molecular weight excluding hydrogens is 356 g/mol. The van der Waals surface area contributed by atoms with Crippen LogP contribution in [0.3, 0.4) is 0 Å². The number of alkyl halides is 3. The van der Waals surface area contributed by atoms with E-state index in [1.807, 2.05) is 0 Å². The molecule has 0 atom stereocenters. The largest absolute Gasteiger partial charge is 0.481 e. The van der Waals surface area contributed by atoms with Crippen molar-refractivity contribution in [2.45, 2.75) is 29.5 Å². The summed E-state index contributed by atoms with van der Waals surface area (Å²) in [4.78, 5) is 22.1. The van der Waals surface area contributed by atoms with E-state index in [1.54, 1.807) is 0 Å². The van der Waals surface area contributed by atoms with Crippen LogP contribution in [0.2, 0.25) is 0 Å². The van der Waals surface area contributed by atoms with Gasteiger partial charge in [0.2, 0.25) is 3.79 Å². The third kappa shape index (κ3) is 9.30. The fourth-order valence-corrected chi connectivity index (χ4v) is 2.20. The monoisotopic (exact) mass is 370 g/mol. The van der Waals surface area contributed by atoms with E-state index >= 15 is 0 Å². The minimum atomic E-state index is -1.61. The maximum absolute atomic E-state index is 11.3. The number of hydrogen-bond acceptors (Lipinski definition) is 3. The molecular formula is C11H16Cl3KNO4. The van der Waals surface area contributed by atoms with Gasteiger partial charge >= 0.3 is 12.1 Å². The van der Waals surface area contributed by atoms with Gasteiger partial charge in [-0.05, 0) is 31.6 Å². The predicted octanol–water partition coefficient (Wildman–Crippen LogP) is 2.59. The number of carbonyl (C=O) groups excluding carboxylic acids is 1. The van der Waals surface area contributed by atoms with Crippen LogP contribution >= 0.6 is 34.8 Å². The first-order valence-corrected chi connectivity index (χ1v) is 7.11. The minimum Gasteiger partial charge on any atom is -0.481 e. The quantitative estimate of drug-likeness (QED) is 0.588. The van der Waals surface area contributed by atoms with E-state index in [-0.39, 0.29) is 69.8 Å². The van der Waals surface area contributed by atoms with Gasteiger partial charge in [0.15, 0.2) is 0 Å². The van der Waals surface area contributed by atoms with Gasteiger partial charge < -0.3 is 15.2 Å². The Morgan fingerprint density at radius 2 is 1.75 bits per heavy atom. The van der Waals surface area contributed by atoms with Crippen LogP contribution in [0, 0.1) is 11.8 Å². The first-order valence-electron chi connectivity index (χ1n) is 5.98. The van der Waals surface area contributed by atoms with Gasteiger partial charge in [-0.3, -0.25) is 4.79 Å². The summed E-state index contributed by atoms with van der Waals surface area (Å²) in [7, 11) is 0. The Morgan fingerprint density at radius 3 is 2.20 bits per heavy atom. The molecule has 1 aliphatic carbocycles. The molecule has 0 aromatic carbocycles. The van der Waals surface area contributed by atoms with Gasteiger partial charge in [0.25, 0.3) is 0 Å². The fourth-order valence-electron chi connectivity index (χ4n) is 2.04. The summed E-state index contributed by atoms with van der Waals surface area (Å²) in [5, 5.41) is 11.4. The van der Waals surface area contributed by atoms with Crippen molar-refractivity contribution in [3.05, 3.63) is 0 Å². The topological polar surface area (TPSA) is 75.6 Å². The number of ether oxygens (including phenoxy) is 1. The number of carboxylic acid groups (broad SMARTS) is 1. The van der Waals surface area contributed by atoms with Crippen molar-refractivity contribution in [2.75, 3.05) is 13.2 Å². The maximum atomic E-state index is 11.3. The zero-order valence-corrected chi connectivity index (χ0v) is 16.6. The molecule has 111 valence electrons. The smallest absolute Gasteiger partial charge is 0.407 e. The summed E-state index contributed by atoms with van der Waals surface area (Å²) in [5.41, 5.74) is 0. The number of carbonyl (C=O) groups is 2. The number of rotatable bonds is 4. The van der Waals surface area contributed by atoms with E-state index in [9.17, 15) is 9.59 Å². The molecule has 0 heterocycles. The number of carboxylic acids is 1. The third-order valence-electron chi connectivity index (χ3n) is 3.10. The minimum absolute atomic E-state index is 0. The van der Waals surface area contributed by atoms with Crippen LogP contribution in [0.15, 0.2) is 0 Å². The van der Waals surface area contributed by atoms with E-state index in [2.05, 4.69) is 5.32 Å². The van der Waals surface area contributed by atoms with E-state index in [1.165, 1.54) is 0 Å². The van der Waals surface area contributed by atoms with Crippen molar-refractivity contribution in [3.8, 4) is 0 Å². The molecule has 5 nitrogen and oxygen atoms in total. The van der Waals surface area contributed by atoms with Gasteiger partial charge in [-0.1, -0.05) is 34.8 Å². The van der Waals surface area contributed by atoms with Crippen molar-refractivity contribution >= 4 is 98.2 Å². The van der Waals surface area contributed by atoms with Crippen LogP contribution in [0.1, 0.15) is 25.7 Å². The van der Waals surface area contributed by atoms with Gasteiger partial charge in [-0.25, -0.2) is 4.79 Å². The SMILES string of the molecule is O=C(NC[C@H]1CC[C@H](C(=O)O)CC1)OCC(Cl)(Cl)Cl.[K]. The van der Waals surface area contributed by atoms with Crippen molar-refractivity contribution < 1.29 is 19.4 Å². The summed E-state index contributed by atoms with van der Waals surface area (Å²) in [5.74, 6) is -0.725. The molecule has 1 rings (SSSR count). The Balaban J connectivity index is 0.00000361. The fraction of sp³-hybridized carbons (Fsp3) is 0.818. The van der Waals surface area contributed by atoms with Gasteiger partial charge in [0.05, 0.1) is 5.92 Å². The molecule has 1 amide bonds. The zero-order chi connectivity index (χ0) is 14.5. The average molecular weight is 372 g/mol. The number of amides is 1. The molecule has 1 aliphatic rings. The second-order valence-corrected chi connectivity index (χ2v) is 7.14. The van der Waals surface area contributed by atoms with Gasteiger partial charge in [-0.15, -0.1) is 0 Å². The Morgan fingerprint density at radius 1 is 1.20 bits per heavy atom. The molecule has 0 aliphatic heterocycles. The summed E-state index contributed by atoms with van der Waals surface area (Å²) in [6.07, 6.45) is 2.21. The van der Waals surface area contributed by atoms with E-state index in [0.717, 1.165) is 12.8 Å². The van der Waals surface area contributed by atoms with Crippen molar-refractivity contribution in [3.63, 3.8) is 0 Å². The molecule has 1 saturated carbocycles. The van der Waals surface area contributed by atoms with E-state index < -0.39 is 15.9 Å². The van der Waals surface area contributed by atoms with E-state index in [4.69, 9.17) is 44.6 Å². The average Bonchev–Trinajstić information content (AvgIpc) is 2.33. The molecule has 0 bridgehead atoms. The molecule has 0 aromatic heterocycles. The van der Waals surface area contributed by atoms with Gasteiger partial charge in [-0.2, -0.15) is 0 Å². The Hall–Kier alpha value is 1.25. The van der Waals surface area contributed by atoms with Crippen molar-refractivity contribution in [2.24, 2.45) is 11.8 Å². The van der Waals surface area contributed by atoms with Crippen LogP contribution in [-0.2, 0) is 9.53 Å². The molecule has 1 radical (unpaired) electrons. The maximum Gasteiger partial charge on any atom is 0.407 e. The molecule has 20 heavy (non-hydrogen) atoms. The summed E-state index contributed by atoms with van der Waals surface area (Å²) in [6.45, 7) is 0.139. The van der Waals surface area contributed by atoms with Crippen molar-refractivity contribution in [1.29, 1.82) is 0 Å². The standard InChI is InChI=1S/C11H16Cl3NO4.K/c12-11(13,14)6-19-10(18)15-5-7-1-3-8(4-2-7)9(16)17;/h7-8H,1-6H2,(H,15,18)(H,16,17);/t7-,8-;. The zero-order valence-electron chi connectivity index (χ0n) is 11.2. The van der Waals surface area contributed by atoms with E-state index in [0.29, 0.717) is 19.4 Å². The third-order valence-corrected chi connectivity index (χ3v) is 3.43. The van der Waals surface area contributed by atoms with Crippen LogP contribution in [-0.4, -0.2) is 85.5 Å². The van der Waals surface area contributed by atoms with Crippen molar-refractivity contribution in [1.82, 2.24) is 5.32 Å². The number of hydrogen-bond donors (Lipinski definition) is 2. The predicted molar refractivity (Wildman–Crippen MR) is 78.5 cm³/mol. The van der Waals surface area contributed by atoms with Gasteiger partial charge in [0, 0.05) is 57.9 Å². The second-order valence-electron chi connectivity index (χ2n) is 4.63. The normalized spacial score (nSPS) is 22.6. The Bertz CT molecular complexity index is 330. The molecule has 0 unspecified atom stereocenters. The molecule has 2 N–H and O–H groups in total. The summed E-state index contributed by atoms with van der Waals surface area (Å²) >= 11 is 16.3. The summed E-state index contributed by atoms with van der Waals surface area (Å²) < 4.78 is 3.10. The molecule has 0 saturated heterocycles. The number of nitrogens with one attached hydrogen (secondary N) is 1. The second kappa shape index (κ2) is 10.1. The van der Waals surface area contributed by atoms with Gasteiger partial charge in [0.1, 0.15) is 6.61 Å². The van der Waals surface area contributed by atoms with Crippen LogP contribution in [0.25, 0.3) is 0 Å². The number of aliphatic carboxylic acids is 1. The van der Waals surface area contributed by atoms with Crippen LogP contribution < -0.4 is 5.32 Å². The van der Waals surface area contributed by atoms with Crippen LogP contribution in [0.4, 0.5) is 4.79 Å². The first-order chi connectivity index (χ1) is 8.78. The van der Waals surface area contributed by atoms with Crippen LogP contribution in [0.5, 0.6) is 0 Å².